The molecule has 1 aromatic carbocycles. The third-order valence-corrected chi connectivity index (χ3v) is 1.94. The summed E-state index contributed by atoms with van der Waals surface area (Å²) in [6.07, 6.45) is 0.840. The van der Waals surface area contributed by atoms with Gasteiger partial charge in [-0.05, 0) is 36.5 Å². The molecule has 74 valence electrons. The van der Waals surface area contributed by atoms with Gasteiger partial charge in [0, 0.05) is 11.4 Å². The highest BCUT2D eigenvalue weighted by Gasteiger charge is 1.92. The summed E-state index contributed by atoms with van der Waals surface area (Å²) in [6, 6.07) is 7.27. The summed E-state index contributed by atoms with van der Waals surface area (Å²) >= 11 is 10.2. The van der Waals surface area contributed by atoms with Crippen molar-refractivity contribution in [2.75, 3.05) is 13.2 Å². The molecule has 2 nitrogen and oxygen atoms in total. The Balaban J connectivity index is 2.24. The molecule has 0 unspecified atom stereocenters. The summed E-state index contributed by atoms with van der Waals surface area (Å²) in [5, 5.41) is 3.02. The van der Waals surface area contributed by atoms with Crippen molar-refractivity contribution >= 4 is 29.0 Å². The molecule has 0 amide bonds. The number of hydrogen-bond donors (Lipinski definition) is 0. The maximum absolute atomic E-state index is 5.72. The maximum Gasteiger partial charge on any atom is 0.119 e. The standard InChI is InChI=1S/C10H10ClNOS/c11-9-2-4-10(5-3-9)13-7-1-6-12-8-14/h2-5H,1,6-7H2. The highest BCUT2D eigenvalue weighted by molar-refractivity contribution is 7.78. The lowest BCUT2D eigenvalue weighted by Crippen LogP contribution is -1.98. The van der Waals surface area contributed by atoms with Crippen LogP contribution in [0.5, 0.6) is 5.75 Å². The SMILES string of the molecule is S=C=NCCCOc1ccc(Cl)cc1. The Morgan fingerprint density at radius 3 is 2.71 bits per heavy atom. The summed E-state index contributed by atoms with van der Waals surface area (Å²) in [6.45, 7) is 1.29. The predicted octanol–water partition coefficient (Wildman–Crippen LogP) is 3.21. The average molecular weight is 228 g/mol. The Bertz CT molecular complexity index is 319. The normalized spacial score (nSPS) is 9.21. The van der Waals surface area contributed by atoms with Crippen LogP contribution >= 0.6 is 23.8 Å². The lowest BCUT2D eigenvalue weighted by molar-refractivity contribution is 0.313. The maximum atomic E-state index is 5.72. The molecule has 0 aromatic heterocycles. The van der Waals surface area contributed by atoms with E-state index >= 15 is 0 Å². The number of isothiocyanates is 1. The van der Waals surface area contributed by atoms with Gasteiger partial charge >= 0.3 is 0 Å². The minimum atomic E-state index is 0.627. The average Bonchev–Trinajstić information content (AvgIpc) is 2.21. The molecule has 0 fully saturated rings. The first kappa shape index (κ1) is 11.2. The molecule has 0 heterocycles. The molecule has 0 atom stereocenters. The Kier molecular flexibility index (Phi) is 5.23. The van der Waals surface area contributed by atoms with Crippen molar-refractivity contribution in [3.8, 4) is 5.75 Å². The molecule has 1 aromatic rings. The van der Waals surface area contributed by atoms with Crippen molar-refractivity contribution < 1.29 is 4.74 Å². The molecule has 0 saturated heterocycles. The topological polar surface area (TPSA) is 21.6 Å². The number of hydrogen-bond acceptors (Lipinski definition) is 3. The van der Waals surface area contributed by atoms with Crippen LogP contribution < -0.4 is 4.74 Å². The summed E-state index contributed by atoms with van der Waals surface area (Å²) in [5.74, 6) is 0.820. The van der Waals surface area contributed by atoms with E-state index in [-0.39, 0.29) is 0 Å². The molecule has 4 heteroatoms. The first-order valence-electron chi connectivity index (χ1n) is 4.25. The summed E-state index contributed by atoms with van der Waals surface area (Å²) in [4.78, 5) is 3.78. The fourth-order valence-corrected chi connectivity index (χ4v) is 1.13. The minimum absolute atomic E-state index is 0.627. The highest BCUT2D eigenvalue weighted by atomic mass is 35.5. The van der Waals surface area contributed by atoms with Gasteiger partial charge < -0.3 is 4.74 Å². The molecular weight excluding hydrogens is 218 g/mol. The quantitative estimate of drug-likeness (QED) is 0.438. The van der Waals surface area contributed by atoms with Crippen LogP contribution in [0.25, 0.3) is 0 Å². The first-order valence-corrected chi connectivity index (χ1v) is 5.03. The van der Waals surface area contributed by atoms with Gasteiger partial charge in [-0.3, -0.25) is 0 Å². The van der Waals surface area contributed by atoms with E-state index in [1.165, 1.54) is 0 Å². The fourth-order valence-electron chi connectivity index (χ4n) is 0.910. The van der Waals surface area contributed by atoms with Gasteiger partial charge in [0.25, 0.3) is 0 Å². The molecule has 0 aliphatic heterocycles. The number of halogens is 1. The van der Waals surface area contributed by atoms with E-state index in [1.54, 1.807) is 12.1 Å². The van der Waals surface area contributed by atoms with Crippen LogP contribution in [0.3, 0.4) is 0 Å². The number of ether oxygens (including phenoxy) is 1. The number of thiocarbonyl (C=S) groups is 1. The van der Waals surface area contributed by atoms with Gasteiger partial charge in [0.1, 0.15) is 5.75 Å². The van der Waals surface area contributed by atoms with Crippen LogP contribution in [0.1, 0.15) is 6.42 Å². The van der Waals surface area contributed by atoms with E-state index in [0.717, 1.165) is 12.2 Å². The third-order valence-electron chi connectivity index (χ3n) is 1.56. The molecule has 0 bridgehead atoms. The van der Waals surface area contributed by atoms with E-state index in [4.69, 9.17) is 16.3 Å². The first-order chi connectivity index (χ1) is 6.83. The highest BCUT2D eigenvalue weighted by Crippen LogP contribution is 2.15. The van der Waals surface area contributed by atoms with Gasteiger partial charge in [0.05, 0.1) is 18.3 Å². The molecule has 14 heavy (non-hydrogen) atoms. The van der Waals surface area contributed by atoms with Crippen LogP contribution in [-0.2, 0) is 0 Å². The molecule has 0 radical (unpaired) electrons. The lowest BCUT2D eigenvalue weighted by Gasteiger charge is -2.03. The van der Waals surface area contributed by atoms with Crippen molar-refractivity contribution in [1.82, 2.24) is 0 Å². The molecule has 0 N–H and O–H groups in total. The van der Waals surface area contributed by atoms with E-state index in [2.05, 4.69) is 22.4 Å². The van der Waals surface area contributed by atoms with E-state index < -0.39 is 0 Å². The second-order valence-electron chi connectivity index (χ2n) is 2.63. The predicted molar refractivity (Wildman–Crippen MR) is 61.5 cm³/mol. The zero-order valence-electron chi connectivity index (χ0n) is 7.57. The van der Waals surface area contributed by atoms with Crippen LogP contribution in [-0.4, -0.2) is 18.3 Å². The molecular formula is C10H10ClNOS. The van der Waals surface area contributed by atoms with Gasteiger partial charge in [-0.15, -0.1) is 0 Å². The van der Waals surface area contributed by atoms with Crippen LogP contribution in [0.4, 0.5) is 0 Å². The Hall–Kier alpha value is -0.890. The minimum Gasteiger partial charge on any atom is -0.494 e. The lowest BCUT2D eigenvalue weighted by atomic mass is 10.3. The third kappa shape index (κ3) is 4.38. The van der Waals surface area contributed by atoms with Crippen molar-refractivity contribution in [3.63, 3.8) is 0 Å². The smallest absolute Gasteiger partial charge is 0.119 e. The van der Waals surface area contributed by atoms with Gasteiger partial charge in [0.15, 0.2) is 0 Å². The number of aliphatic imine (C=N–C) groups is 1. The monoisotopic (exact) mass is 227 g/mol. The van der Waals surface area contributed by atoms with Gasteiger partial charge in [-0.2, -0.15) is 0 Å². The fraction of sp³-hybridized carbons (Fsp3) is 0.300. The van der Waals surface area contributed by atoms with Gasteiger partial charge in [-0.25, -0.2) is 4.99 Å². The number of nitrogens with zero attached hydrogens (tertiary/aromatic N) is 1. The number of benzene rings is 1. The molecule has 0 aliphatic carbocycles. The van der Waals surface area contributed by atoms with Crippen LogP contribution in [0.15, 0.2) is 29.3 Å². The molecule has 1 rings (SSSR count). The number of rotatable bonds is 5. The Labute approximate surface area is 93.6 Å². The molecule has 0 spiro atoms. The van der Waals surface area contributed by atoms with Crippen LogP contribution in [0.2, 0.25) is 5.02 Å². The summed E-state index contributed by atoms with van der Waals surface area (Å²) in [7, 11) is 0. The second-order valence-corrected chi connectivity index (χ2v) is 3.25. The molecule has 0 aliphatic rings. The second kappa shape index (κ2) is 6.55. The Morgan fingerprint density at radius 2 is 2.07 bits per heavy atom. The summed E-state index contributed by atoms with van der Waals surface area (Å²) < 4.78 is 5.43. The van der Waals surface area contributed by atoms with E-state index in [9.17, 15) is 0 Å². The van der Waals surface area contributed by atoms with Crippen molar-refractivity contribution in [1.29, 1.82) is 0 Å². The zero-order valence-corrected chi connectivity index (χ0v) is 9.14. The Morgan fingerprint density at radius 1 is 1.36 bits per heavy atom. The van der Waals surface area contributed by atoms with Crippen LogP contribution in [0, 0.1) is 0 Å². The van der Waals surface area contributed by atoms with E-state index in [0.29, 0.717) is 18.2 Å². The van der Waals surface area contributed by atoms with Gasteiger partial charge in [0.2, 0.25) is 0 Å². The largest absolute Gasteiger partial charge is 0.494 e. The van der Waals surface area contributed by atoms with Crippen molar-refractivity contribution in [2.45, 2.75) is 6.42 Å². The zero-order chi connectivity index (χ0) is 10.2. The summed E-state index contributed by atoms with van der Waals surface area (Å²) in [5.41, 5.74) is 0. The van der Waals surface area contributed by atoms with Gasteiger partial charge in [-0.1, -0.05) is 11.6 Å². The van der Waals surface area contributed by atoms with Crippen molar-refractivity contribution in [2.24, 2.45) is 4.99 Å². The molecule has 0 saturated carbocycles. The van der Waals surface area contributed by atoms with E-state index in [1.807, 2.05) is 12.1 Å². The van der Waals surface area contributed by atoms with Crippen molar-refractivity contribution in [3.05, 3.63) is 29.3 Å².